The van der Waals surface area contributed by atoms with Gasteiger partial charge in [0.1, 0.15) is 0 Å². The van der Waals surface area contributed by atoms with Gasteiger partial charge in [0, 0.05) is 12.6 Å². The number of aliphatic hydroxyl groups is 1. The van der Waals surface area contributed by atoms with Gasteiger partial charge in [-0.15, -0.1) is 0 Å². The van der Waals surface area contributed by atoms with Crippen molar-refractivity contribution in [3.63, 3.8) is 0 Å². The van der Waals surface area contributed by atoms with E-state index >= 15 is 0 Å². The number of hydrogen-bond donors (Lipinski definition) is 2. The highest BCUT2D eigenvalue weighted by atomic mass is 16.5. The van der Waals surface area contributed by atoms with Crippen LogP contribution in [0, 0.1) is 11.8 Å². The Labute approximate surface area is 99.6 Å². The summed E-state index contributed by atoms with van der Waals surface area (Å²) in [5, 5.41) is 12.9. The molecule has 0 aromatic carbocycles. The third kappa shape index (κ3) is 4.81. The molecule has 1 aliphatic rings. The van der Waals surface area contributed by atoms with Crippen LogP contribution < -0.4 is 5.32 Å². The standard InChI is InChI=1S/C13H27NO2/c1-4-13(12-5-6-16-9-12)14-8-10(2)7-11(3)15/h10-15H,4-9H2,1-3H3. The number of rotatable bonds is 7. The molecule has 96 valence electrons. The van der Waals surface area contributed by atoms with E-state index in [1.165, 1.54) is 6.42 Å². The van der Waals surface area contributed by atoms with Gasteiger partial charge in [-0.05, 0) is 44.6 Å². The molecular weight excluding hydrogens is 202 g/mol. The van der Waals surface area contributed by atoms with E-state index < -0.39 is 0 Å². The van der Waals surface area contributed by atoms with Crippen molar-refractivity contribution in [2.24, 2.45) is 11.8 Å². The Hall–Kier alpha value is -0.120. The molecule has 4 unspecified atom stereocenters. The van der Waals surface area contributed by atoms with Gasteiger partial charge in [-0.1, -0.05) is 13.8 Å². The average molecular weight is 229 g/mol. The molecule has 0 aliphatic carbocycles. The van der Waals surface area contributed by atoms with Crippen molar-refractivity contribution in [1.29, 1.82) is 0 Å². The molecule has 0 aromatic heterocycles. The van der Waals surface area contributed by atoms with Crippen LogP contribution in [0.1, 0.15) is 40.0 Å². The first-order valence-corrected chi connectivity index (χ1v) is 6.62. The maximum Gasteiger partial charge on any atom is 0.0515 e. The number of aliphatic hydroxyl groups excluding tert-OH is 1. The molecule has 4 atom stereocenters. The van der Waals surface area contributed by atoms with E-state index in [2.05, 4.69) is 19.2 Å². The largest absolute Gasteiger partial charge is 0.393 e. The van der Waals surface area contributed by atoms with Gasteiger partial charge in [0.15, 0.2) is 0 Å². The first kappa shape index (κ1) is 13.9. The monoisotopic (exact) mass is 229 g/mol. The molecule has 1 aliphatic heterocycles. The SMILES string of the molecule is CCC(NCC(C)CC(C)O)C1CCOC1. The van der Waals surface area contributed by atoms with Crippen molar-refractivity contribution in [1.82, 2.24) is 5.32 Å². The minimum Gasteiger partial charge on any atom is -0.393 e. The summed E-state index contributed by atoms with van der Waals surface area (Å²) in [6, 6.07) is 0.582. The Kier molecular flexibility index (Phi) is 6.32. The molecule has 0 radical (unpaired) electrons. The molecule has 2 N–H and O–H groups in total. The maximum absolute atomic E-state index is 9.31. The molecule has 0 bridgehead atoms. The maximum atomic E-state index is 9.31. The average Bonchev–Trinajstić information content (AvgIpc) is 2.71. The van der Waals surface area contributed by atoms with Crippen LogP contribution in [0.15, 0.2) is 0 Å². The van der Waals surface area contributed by atoms with Gasteiger partial charge in [0.2, 0.25) is 0 Å². The lowest BCUT2D eigenvalue weighted by atomic mass is 9.95. The number of hydrogen-bond acceptors (Lipinski definition) is 3. The van der Waals surface area contributed by atoms with Crippen molar-refractivity contribution < 1.29 is 9.84 Å². The molecule has 0 amide bonds. The van der Waals surface area contributed by atoms with Crippen LogP contribution in [0.5, 0.6) is 0 Å². The van der Waals surface area contributed by atoms with Crippen molar-refractivity contribution in [3.8, 4) is 0 Å². The van der Waals surface area contributed by atoms with Crippen LogP contribution in [0.2, 0.25) is 0 Å². The third-order valence-corrected chi connectivity index (χ3v) is 3.45. The van der Waals surface area contributed by atoms with E-state index in [1.807, 2.05) is 6.92 Å². The van der Waals surface area contributed by atoms with Crippen molar-refractivity contribution >= 4 is 0 Å². The van der Waals surface area contributed by atoms with E-state index in [4.69, 9.17) is 4.74 Å². The molecule has 0 saturated carbocycles. The summed E-state index contributed by atoms with van der Waals surface area (Å²) in [5.41, 5.74) is 0. The van der Waals surface area contributed by atoms with Crippen LogP contribution in [-0.4, -0.2) is 37.0 Å². The molecule has 3 heteroatoms. The second-order valence-electron chi connectivity index (χ2n) is 5.24. The summed E-state index contributed by atoms with van der Waals surface area (Å²) in [6.45, 7) is 9.12. The summed E-state index contributed by atoms with van der Waals surface area (Å²) >= 11 is 0. The van der Waals surface area contributed by atoms with Gasteiger partial charge < -0.3 is 15.2 Å². The highest BCUT2D eigenvalue weighted by molar-refractivity contribution is 4.79. The van der Waals surface area contributed by atoms with Crippen LogP contribution in [0.4, 0.5) is 0 Å². The molecule has 1 rings (SSSR count). The lowest BCUT2D eigenvalue weighted by Gasteiger charge is -2.24. The van der Waals surface area contributed by atoms with Gasteiger partial charge in [-0.25, -0.2) is 0 Å². The van der Waals surface area contributed by atoms with E-state index in [-0.39, 0.29) is 6.10 Å². The fourth-order valence-corrected chi connectivity index (χ4v) is 2.53. The summed E-state index contributed by atoms with van der Waals surface area (Å²) in [4.78, 5) is 0. The molecular formula is C13H27NO2. The highest BCUT2D eigenvalue weighted by Crippen LogP contribution is 2.19. The Balaban J connectivity index is 2.22. The van der Waals surface area contributed by atoms with E-state index in [0.29, 0.717) is 17.9 Å². The lowest BCUT2D eigenvalue weighted by Crippen LogP contribution is -2.38. The van der Waals surface area contributed by atoms with E-state index in [9.17, 15) is 5.11 Å². The minimum absolute atomic E-state index is 0.188. The minimum atomic E-state index is -0.188. The van der Waals surface area contributed by atoms with Gasteiger partial charge in [-0.2, -0.15) is 0 Å². The fraction of sp³-hybridized carbons (Fsp3) is 1.00. The topological polar surface area (TPSA) is 41.5 Å². The zero-order valence-electron chi connectivity index (χ0n) is 10.9. The quantitative estimate of drug-likeness (QED) is 0.699. The lowest BCUT2D eigenvalue weighted by molar-refractivity contribution is 0.157. The van der Waals surface area contributed by atoms with Gasteiger partial charge in [0.05, 0.1) is 12.7 Å². The Morgan fingerprint density at radius 2 is 2.19 bits per heavy atom. The van der Waals surface area contributed by atoms with Crippen LogP contribution >= 0.6 is 0 Å². The Bertz CT molecular complexity index is 179. The Morgan fingerprint density at radius 3 is 2.69 bits per heavy atom. The summed E-state index contributed by atoms with van der Waals surface area (Å²) in [7, 11) is 0. The van der Waals surface area contributed by atoms with Gasteiger partial charge >= 0.3 is 0 Å². The molecule has 1 heterocycles. The molecule has 3 nitrogen and oxygen atoms in total. The van der Waals surface area contributed by atoms with E-state index in [0.717, 1.165) is 32.6 Å². The van der Waals surface area contributed by atoms with Gasteiger partial charge in [0.25, 0.3) is 0 Å². The van der Waals surface area contributed by atoms with E-state index in [1.54, 1.807) is 0 Å². The van der Waals surface area contributed by atoms with Crippen LogP contribution in [-0.2, 0) is 4.74 Å². The highest BCUT2D eigenvalue weighted by Gasteiger charge is 2.24. The third-order valence-electron chi connectivity index (χ3n) is 3.45. The number of ether oxygens (including phenoxy) is 1. The second-order valence-corrected chi connectivity index (χ2v) is 5.24. The Morgan fingerprint density at radius 1 is 1.44 bits per heavy atom. The summed E-state index contributed by atoms with van der Waals surface area (Å²) in [6.07, 6.45) is 3.04. The van der Waals surface area contributed by atoms with Crippen LogP contribution in [0.3, 0.4) is 0 Å². The summed E-state index contributed by atoms with van der Waals surface area (Å²) < 4.78 is 5.43. The van der Waals surface area contributed by atoms with Crippen molar-refractivity contribution in [2.75, 3.05) is 19.8 Å². The zero-order chi connectivity index (χ0) is 12.0. The molecule has 1 fully saturated rings. The number of nitrogens with one attached hydrogen (secondary N) is 1. The predicted molar refractivity (Wildman–Crippen MR) is 66.5 cm³/mol. The zero-order valence-corrected chi connectivity index (χ0v) is 10.9. The molecule has 16 heavy (non-hydrogen) atoms. The summed E-state index contributed by atoms with van der Waals surface area (Å²) in [5.74, 6) is 1.22. The van der Waals surface area contributed by atoms with Gasteiger partial charge in [-0.3, -0.25) is 0 Å². The smallest absolute Gasteiger partial charge is 0.0515 e. The first-order chi connectivity index (χ1) is 7.63. The molecule has 1 saturated heterocycles. The molecule has 0 spiro atoms. The first-order valence-electron chi connectivity index (χ1n) is 6.62. The van der Waals surface area contributed by atoms with Crippen molar-refractivity contribution in [3.05, 3.63) is 0 Å². The molecule has 0 aromatic rings. The predicted octanol–water partition coefficient (Wildman–Crippen LogP) is 1.80. The normalized spacial score (nSPS) is 26.6. The van der Waals surface area contributed by atoms with Crippen LogP contribution in [0.25, 0.3) is 0 Å². The second kappa shape index (κ2) is 7.25. The fourth-order valence-electron chi connectivity index (χ4n) is 2.53. The van der Waals surface area contributed by atoms with Crippen molar-refractivity contribution in [2.45, 2.75) is 52.2 Å².